The number of carbonyl (C=O) groups is 1. The Morgan fingerprint density at radius 2 is 1.74 bits per heavy atom. The number of nitrogens with zero attached hydrogens (tertiary/aromatic N) is 1. The van der Waals surface area contributed by atoms with Gasteiger partial charge in [-0.3, -0.25) is 4.72 Å². The van der Waals surface area contributed by atoms with E-state index in [4.69, 9.17) is 9.15 Å². The highest BCUT2D eigenvalue weighted by Gasteiger charge is 2.21. The summed E-state index contributed by atoms with van der Waals surface area (Å²) in [5.41, 5.74) is 2.05. The number of carboxylic acid groups (broad SMARTS) is 1. The van der Waals surface area contributed by atoms with Gasteiger partial charge >= 0.3 is 5.97 Å². The van der Waals surface area contributed by atoms with Crippen LogP contribution in [0.15, 0.2) is 82.1 Å². The number of aromatic carboxylic acids is 1. The summed E-state index contributed by atoms with van der Waals surface area (Å²) in [7, 11) is -4.02. The number of benzene rings is 3. The van der Waals surface area contributed by atoms with Gasteiger partial charge in [-0.2, -0.15) is 0 Å². The van der Waals surface area contributed by atoms with Crippen molar-refractivity contribution in [3.05, 3.63) is 95.4 Å². The van der Waals surface area contributed by atoms with Crippen LogP contribution in [0.4, 0.5) is 5.69 Å². The van der Waals surface area contributed by atoms with Crippen molar-refractivity contribution in [2.24, 2.45) is 0 Å². The van der Waals surface area contributed by atoms with Gasteiger partial charge in [-0.15, -0.1) is 0 Å². The molecule has 0 aliphatic rings. The lowest BCUT2D eigenvalue weighted by Crippen LogP contribution is -2.17. The minimum absolute atomic E-state index is 0.0175. The molecule has 0 atom stereocenters. The quantitative estimate of drug-likeness (QED) is 0.326. The van der Waals surface area contributed by atoms with E-state index in [1.807, 2.05) is 37.3 Å². The molecular weight excluding hydrogens is 468 g/mol. The van der Waals surface area contributed by atoms with Crippen LogP contribution in [0.2, 0.25) is 0 Å². The lowest BCUT2D eigenvalue weighted by Gasteiger charge is -2.14. The molecule has 0 unspecified atom stereocenters. The molecule has 4 aromatic rings. The van der Waals surface area contributed by atoms with Gasteiger partial charge in [0, 0.05) is 5.56 Å². The minimum atomic E-state index is -4.02. The number of rotatable bonds is 9. The second-order valence-corrected chi connectivity index (χ2v) is 9.43. The van der Waals surface area contributed by atoms with Gasteiger partial charge in [-0.25, -0.2) is 18.2 Å². The standard InChI is InChI=1S/C26H24N2O6S/c1-3-18-10-7-11-22(26(29)30)24(18)28-35(31,32)21-14-12-20(13-15-21)33-16-23-17(2)34-25(27-23)19-8-5-4-6-9-19/h4-15,28H,3,16H2,1-2H3,(H,29,30). The molecule has 1 heterocycles. The topological polar surface area (TPSA) is 119 Å². The van der Waals surface area contributed by atoms with Crippen molar-refractivity contribution in [1.82, 2.24) is 4.98 Å². The first kappa shape index (κ1) is 24.0. The summed E-state index contributed by atoms with van der Waals surface area (Å²) in [5.74, 6) is 0.381. The van der Waals surface area contributed by atoms with Crippen LogP contribution in [0, 0.1) is 6.92 Å². The van der Waals surface area contributed by atoms with Gasteiger partial charge in [0.15, 0.2) is 0 Å². The van der Waals surface area contributed by atoms with Crippen molar-refractivity contribution < 1.29 is 27.5 Å². The van der Waals surface area contributed by atoms with Gasteiger partial charge in [0.1, 0.15) is 23.8 Å². The fraction of sp³-hybridized carbons (Fsp3) is 0.154. The van der Waals surface area contributed by atoms with Crippen LogP contribution in [-0.4, -0.2) is 24.5 Å². The molecule has 4 rings (SSSR count). The average Bonchev–Trinajstić information content (AvgIpc) is 3.23. The van der Waals surface area contributed by atoms with Gasteiger partial charge in [0.2, 0.25) is 5.89 Å². The SMILES string of the molecule is CCc1cccc(C(=O)O)c1NS(=O)(=O)c1ccc(OCc2nc(-c3ccccc3)oc2C)cc1. The molecule has 0 spiro atoms. The lowest BCUT2D eigenvalue weighted by molar-refractivity contribution is 0.0698. The first-order valence-electron chi connectivity index (χ1n) is 10.9. The van der Waals surface area contributed by atoms with E-state index in [-0.39, 0.29) is 22.8 Å². The van der Waals surface area contributed by atoms with E-state index < -0.39 is 16.0 Å². The first-order valence-corrected chi connectivity index (χ1v) is 12.4. The Hall–Kier alpha value is -4.11. The normalized spacial score (nSPS) is 11.3. The fourth-order valence-electron chi connectivity index (χ4n) is 3.52. The molecule has 8 nitrogen and oxygen atoms in total. The highest BCUT2D eigenvalue weighted by molar-refractivity contribution is 7.92. The number of hydrogen-bond donors (Lipinski definition) is 2. The molecule has 0 aliphatic heterocycles. The van der Waals surface area contributed by atoms with Crippen LogP contribution in [0.25, 0.3) is 11.5 Å². The second kappa shape index (κ2) is 10.0. The molecule has 0 radical (unpaired) electrons. The van der Waals surface area contributed by atoms with E-state index in [2.05, 4.69) is 9.71 Å². The number of hydrogen-bond acceptors (Lipinski definition) is 6. The number of sulfonamides is 1. The summed E-state index contributed by atoms with van der Waals surface area (Å²) in [6.07, 6.45) is 0.471. The number of aromatic nitrogens is 1. The molecule has 0 saturated carbocycles. The van der Waals surface area contributed by atoms with Crippen LogP contribution in [-0.2, 0) is 23.1 Å². The first-order chi connectivity index (χ1) is 16.8. The summed E-state index contributed by atoms with van der Waals surface area (Å²) < 4.78 is 39.8. The number of ether oxygens (including phenoxy) is 1. The summed E-state index contributed by atoms with van der Waals surface area (Å²) in [6, 6.07) is 20.0. The third-order valence-electron chi connectivity index (χ3n) is 5.42. The third-order valence-corrected chi connectivity index (χ3v) is 6.79. The molecule has 0 amide bonds. The van der Waals surface area contributed by atoms with Gasteiger partial charge in [0.05, 0.1) is 16.1 Å². The van der Waals surface area contributed by atoms with Crippen LogP contribution in [0.1, 0.15) is 34.3 Å². The monoisotopic (exact) mass is 492 g/mol. The molecule has 0 saturated heterocycles. The Bertz CT molecular complexity index is 1450. The molecule has 1 aromatic heterocycles. The number of nitrogens with one attached hydrogen (secondary N) is 1. The van der Waals surface area contributed by atoms with E-state index in [1.165, 1.54) is 30.3 Å². The van der Waals surface area contributed by atoms with Crippen LogP contribution < -0.4 is 9.46 Å². The van der Waals surface area contributed by atoms with Crippen LogP contribution in [0.3, 0.4) is 0 Å². The third kappa shape index (κ3) is 5.36. The molecule has 180 valence electrons. The summed E-state index contributed by atoms with van der Waals surface area (Å²) >= 11 is 0. The van der Waals surface area contributed by atoms with Crippen LogP contribution in [0.5, 0.6) is 5.75 Å². The summed E-state index contributed by atoms with van der Waals surface area (Å²) in [6.45, 7) is 3.78. The maximum absolute atomic E-state index is 13.0. The Morgan fingerprint density at radius 1 is 1.03 bits per heavy atom. The maximum atomic E-state index is 13.0. The predicted molar refractivity (Wildman–Crippen MR) is 131 cm³/mol. The Labute approximate surface area is 203 Å². The van der Waals surface area contributed by atoms with E-state index in [9.17, 15) is 18.3 Å². The molecule has 9 heteroatoms. The van der Waals surface area contributed by atoms with Gasteiger partial charge < -0.3 is 14.3 Å². The number of aryl methyl sites for hydroxylation is 2. The Kier molecular flexibility index (Phi) is 6.88. The number of oxazole rings is 1. The van der Waals surface area contributed by atoms with Crippen molar-refractivity contribution in [3.8, 4) is 17.2 Å². The van der Waals surface area contributed by atoms with Crippen molar-refractivity contribution in [2.75, 3.05) is 4.72 Å². The van der Waals surface area contributed by atoms with E-state index in [0.717, 1.165) is 5.56 Å². The molecule has 0 aliphatic carbocycles. The van der Waals surface area contributed by atoms with Crippen LogP contribution >= 0.6 is 0 Å². The maximum Gasteiger partial charge on any atom is 0.337 e. The van der Waals surface area contributed by atoms with Crippen molar-refractivity contribution >= 4 is 21.7 Å². The molecule has 2 N–H and O–H groups in total. The van der Waals surface area contributed by atoms with Gasteiger partial charge in [-0.1, -0.05) is 37.3 Å². The fourth-order valence-corrected chi connectivity index (χ4v) is 4.64. The molecule has 0 bridgehead atoms. The van der Waals surface area contributed by atoms with E-state index in [0.29, 0.717) is 35.1 Å². The average molecular weight is 493 g/mol. The number of anilines is 1. The predicted octanol–water partition coefficient (Wildman–Crippen LogP) is 5.29. The van der Waals surface area contributed by atoms with Crippen molar-refractivity contribution in [1.29, 1.82) is 0 Å². The molecule has 35 heavy (non-hydrogen) atoms. The molecule has 3 aromatic carbocycles. The lowest BCUT2D eigenvalue weighted by atomic mass is 10.1. The van der Waals surface area contributed by atoms with Crippen molar-refractivity contribution in [2.45, 2.75) is 31.8 Å². The highest BCUT2D eigenvalue weighted by atomic mass is 32.2. The molecule has 0 fully saturated rings. The number of para-hydroxylation sites is 1. The number of carboxylic acids is 1. The zero-order valence-corrected chi connectivity index (χ0v) is 20.0. The smallest absolute Gasteiger partial charge is 0.337 e. The van der Waals surface area contributed by atoms with E-state index in [1.54, 1.807) is 19.1 Å². The minimum Gasteiger partial charge on any atom is -0.487 e. The summed E-state index contributed by atoms with van der Waals surface area (Å²) in [4.78, 5) is 16.1. The zero-order chi connectivity index (χ0) is 25.0. The van der Waals surface area contributed by atoms with E-state index >= 15 is 0 Å². The second-order valence-electron chi connectivity index (χ2n) is 7.75. The Balaban J connectivity index is 1.48. The summed E-state index contributed by atoms with van der Waals surface area (Å²) in [5, 5.41) is 9.47. The molecular formula is C26H24N2O6S. The highest BCUT2D eigenvalue weighted by Crippen LogP contribution is 2.27. The zero-order valence-electron chi connectivity index (χ0n) is 19.2. The van der Waals surface area contributed by atoms with Crippen molar-refractivity contribution in [3.63, 3.8) is 0 Å². The largest absolute Gasteiger partial charge is 0.487 e. The van der Waals surface area contributed by atoms with Gasteiger partial charge in [0.25, 0.3) is 10.0 Å². The Morgan fingerprint density at radius 3 is 2.40 bits per heavy atom. The van der Waals surface area contributed by atoms with Gasteiger partial charge in [-0.05, 0) is 61.4 Å².